The molecule has 2 atom stereocenters. The molecule has 0 aliphatic heterocycles. The summed E-state index contributed by atoms with van der Waals surface area (Å²) in [6.07, 6.45) is 1.80. The number of hydrogen-bond acceptors (Lipinski definition) is 1. The van der Waals surface area contributed by atoms with Crippen molar-refractivity contribution in [2.45, 2.75) is 24.8 Å². The molecule has 3 rings (SSSR count). The van der Waals surface area contributed by atoms with Crippen molar-refractivity contribution in [1.29, 1.82) is 0 Å². The van der Waals surface area contributed by atoms with E-state index in [1.807, 2.05) is 12.1 Å². The van der Waals surface area contributed by atoms with Crippen LogP contribution in [0.4, 0.5) is 8.78 Å². The molecule has 104 valence electrons. The maximum atomic E-state index is 13.9. The lowest BCUT2D eigenvalue weighted by molar-refractivity contribution is 0.423. The molecule has 2 unspecified atom stereocenters. The van der Waals surface area contributed by atoms with Gasteiger partial charge < -0.3 is 5.32 Å². The molecule has 0 fully saturated rings. The van der Waals surface area contributed by atoms with Crippen molar-refractivity contribution in [3.05, 3.63) is 70.8 Å². The van der Waals surface area contributed by atoms with Gasteiger partial charge in [-0.05, 0) is 43.0 Å². The molecule has 0 spiro atoms. The number of hydrogen-bond donors (Lipinski definition) is 1. The molecule has 0 saturated carbocycles. The molecule has 2 aromatic carbocycles. The number of fused-ring (bicyclic) bond motifs is 1. The molecule has 0 radical (unpaired) electrons. The van der Waals surface area contributed by atoms with Crippen LogP contribution >= 0.6 is 0 Å². The Morgan fingerprint density at radius 2 is 1.95 bits per heavy atom. The molecule has 0 bridgehead atoms. The van der Waals surface area contributed by atoms with Crippen molar-refractivity contribution in [2.75, 3.05) is 7.05 Å². The molecular weight excluding hydrogens is 256 g/mol. The molecule has 20 heavy (non-hydrogen) atoms. The van der Waals surface area contributed by atoms with Gasteiger partial charge in [-0.15, -0.1) is 0 Å². The van der Waals surface area contributed by atoms with Crippen LogP contribution in [-0.4, -0.2) is 7.05 Å². The lowest BCUT2D eigenvalue weighted by Gasteiger charge is -2.33. The van der Waals surface area contributed by atoms with Gasteiger partial charge in [-0.1, -0.05) is 36.4 Å². The van der Waals surface area contributed by atoms with Crippen LogP contribution in [0.2, 0.25) is 0 Å². The molecule has 0 saturated heterocycles. The van der Waals surface area contributed by atoms with Gasteiger partial charge in [-0.25, -0.2) is 8.78 Å². The lowest BCUT2D eigenvalue weighted by Crippen LogP contribution is -2.25. The van der Waals surface area contributed by atoms with Crippen LogP contribution < -0.4 is 5.32 Å². The van der Waals surface area contributed by atoms with E-state index in [9.17, 15) is 8.78 Å². The lowest BCUT2D eigenvalue weighted by atomic mass is 9.74. The van der Waals surface area contributed by atoms with Gasteiger partial charge >= 0.3 is 0 Å². The summed E-state index contributed by atoms with van der Waals surface area (Å²) in [6.45, 7) is 0. The van der Waals surface area contributed by atoms with Crippen molar-refractivity contribution in [1.82, 2.24) is 5.32 Å². The Bertz CT molecular complexity index is 624. The third-order valence-electron chi connectivity index (χ3n) is 4.19. The summed E-state index contributed by atoms with van der Waals surface area (Å²) in [6, 6.07) is 12.5. The minimum Gasteiger partial charge on any atom is -0.313 e. The van der Waals surface area contributed by atoms with Crippen molar-refractivity contribution < 1.29 is 8.78 Å². The first kappa shape index (κ1) is 13.3. The first-order valence-electron chi connectivity index (χ1n) is 6.89. The molecule has 1 aliphatic carbocycles. The van der Waals surface area contributed by atoms with E-state index in [1.54, 1.807) is 19.2 Å². The topological polar surface area (TPSA) is 12.0 Å². The van der Waals surface area contributed by atoms with E-state index in [1.165, 1.54) is 11.1 Å². The van der Waals surface area contributed by atoms with Crippen LogP contribution in [0.1, 0.15) is 35.1 Å². The third kappa shape index (κ3) is 2.22. The summed E-state index contributed by atoms with van der Waals surface area (Å²) in [5, 5.41) is 3.11. The van der Waals surface area contributed by atoms with E-state index < -0.39 is 11.6 Å². The zero-order valence-electron chi connectivity index (χ0n) is 11.4. The van der Waals surface area contributed by atoms with Gasteiger partial charge in [0.15, 0.2) is 11.6 Å². The van der Waals surface area contributed by atoms with Crippen molar-refractivity contribution >= 4 is 0 Å². The van der Waals surface area contributed by atoms with Gasteiger partial charge in [0, 0.05) is 11.6 Å². The van der Waals surface area contributed by atoms with Crippen molar-refractivity contribution in [3.63, 3.8) is 0 Å². The monoisotopic (exact) mass is 273 g/mol. The normalized spacial score (nSPS) is 18.2. The average Bonchev–Trinajstić information content (AvgIpc) is 2.44. The first-order chi connectivity index (χ1) is 9.70. The largest absolute Gasteiger partial charge is 0.313 e. The third-order valence-corrected chi connectivity index (χ3v) is 4.19. The van der Waals surface area contributed by atoms with Gasteiger partial charge in [-0.3, -0.25) is 0 Å². The Kier molecular flexibility index (Phi) is 3.53. The fourth-order valence-corrected chi connectivity index (χ4v) is 3.05. The smallest absolute Gasteiger partial charge is 0.163 e. The van der Waals surface area contributed by atoms with Gasteiger partial charge in [0.2, 0.25) is 0 Å². The predicted molar refractivity (Wildman–Crippen MR) is 75.7 cm³/mol. The Hall–Kier alpha value is -1.74. The Balaban J connectivity index is 1.81. The summed E-state index contributed by atoms with van der Waals surface area (Å²) >= 11 is 0. The summed E-state index contributed by atoms with van der Waals surface area (Å²) in [4.78, 5) is 0. The molecule has 1 nitrogen and oxygen atoms in total. The molecule has 3 heteroatoms. The quantitative estimate of drug-likeness (QED) is 0.889. The maximum absolute atomic E-state index is 13.9. The van der Waals surface area contributed by atoms with Crippen LogP contribution in [0.5, 0.6) is 0 Å². The highest BCUT2D eigenvalue weighted by molar-refractivity contribution is 5.40. The fourth-order valence-electron chi connectivity index (χ4n) is 3.05. The van der Waals surface area contributed by atoms with Crippen LogP contribution in [0.3, 0.4) is 0 Å². The molecule has 2 aromatic rings. The number of halogens is 2. The van der Waals surface area contributed by atoms with E-state index in [2.05, 4.69) is 17.4 Å². The number of rotatable bonds is 4. The summed E-state index contributed by atoms with van der Waals surface area (Å²) in [5.41, 5.74) is 3.12. The maximum Gasteiger partial charge on any atom is 0.163 e. The minimum atomic E-state index is -0.781. The second-order valence-corrected chi connectivity index (χ2v) is 5.32. The molecule has 1 N–H and O–H groups in total. The molecular formula is C17H17F2N. The molecule has 0 heterocycles. The summed E-state index contributed by atoms with van der Waals surface area (Å²) < 4.78 is 27.2. The number of benzene rings is 2. The van der Waals surface area contributed by atoms with E-state index in [0.717, 1.165) is 18.9 Å². The van der Waals surface area contributed by atoms with Gasteiger partial charge in [0.25, 0.3) is 0 Å². The molecule has 1 aliphatic rings. The van der Waals surface area contributed by atoms with Gasteiger partial charge in [-0.2, -0.15) is 0 Å². The zero-order chi connectivity index (χ0) is 14.1. The van der Waals surface area contributed by atoms with E-state index in [4.69, 9.17) is 0 Å². The van der Waals surface area contributed by atoms with Crippen LogP contribution in [0, 0.1) is 11.6 Å². The highest BCUT2D eigenvalue weighted by Crippen LogP contribution is 2.41. The molecule has 0 aromatic heterocycles. The van der Waals surface area contributed by atoms with Crippen molar-refractivity contribution in [3.8, 4) is 0 Å². The SMILES string of the molecule is CNC(CC1Cc2ccccc21)c1cccc(F)c1F. The number of nitrogens with one attached hydrogen (secondary N) is 1. The predicted octanol–water partition coefficient (Wildman–Crippen LogP) is 3.96. The minimum absolute atomic E-state index is 0.163. The zero-order valence-corrected chi connectivity index (χ0v) is 11.4. The first-order valence-corrected chi connectivity index (χ1v) is 6.89. The van der Waals surface area contributed by atoms with E-state index >= 15 is 0 Å². The Morgan fingerprint density at radius 1 is 1.15 bits per heavy atom. The van der Waals surface area contributed by atoms with Gasteiger partial charge in [0.1, 0.15) is 0 Å². The van der Waals surface area contributed by atoms with Crippen LogP contribution in [0.15, 0.2) is 42.5 Å². The highest BCUT2D eigenvalue weighted by atomic mass is 19.2. The molecule has 0 amide bonds. The second-order valence-electron chi connectivity index (χ2n) is 5.32. The van der Waals surface area contributed by atoms with Gasteiger partial charge in [0.05, 0.1) is 0 Å². The average molecular weight is 273 g/mol. The van der Waals surface area contributed by atoms with E-state index in [0.29, 0.717) is 11.5 Å². The highest BCUT2D eigenvalue weighted by Gasteiger charge is 2.29. The summed E-state index contributed by atoms with van der Waals surface area (Å²) in [5.74, 6) is -1.09. The van der Waals surface area contributed by atoms with Crippen LogP contribution in [0.25, 0.3) is 0 Å². The fraction of sp³-hybridized carbons (Fsp3) is 0.294. The van der Waals surface area contributed by atoms with Crippen molar-refractivity contribution in [2.24, 2.45) is 0 Å². The Morgan fingerprint density at radius 3 is 2.70 bits per heavy atom. The second kappa shape index (κ2) is 5.33. The standard InChI is InChI=1S/C17H17F2N/c1-20-16(14-7-4-8-15(18)17(14)19)10-12-9-11-5-2-3-6-13(11)12/h2-8,12,16,20H,9-10H2,1H3. The summed E-state index contributed by atoms with van der Waals surface area (Å²) in [7, 11) is 1.79. The van der Waals surface area contributed by atoms with Crippen LogP contribution in [-0.2, 0) is 6.42 Å². The van der Waals surface area contributed by atoms with E-state index in [-0.39, 0.29) is 6.04 Å². The Labute approximate surface area is 117 Å².